The molecule has 7 heteroatoms. The van der Waals surface area contributed by atoms with E-state index in [2.05, 4.69) is 10.6 Å². The van der Waals surface area contributed by atoms with Crippen LogP contribution in [0.3, 0.4) is 0 Å². The summed E-state index contributed by atoms with van der Waals surface area (Å²) in [5.74, 6) is -0.635. The summed E-state index contributed by atoms with van der Waals surface area (Å²) in [4.78, 5) is 38.1. The smallest absolute Gasteiger partial charge is 0.256 e. The van der Waals surface area contributed by atoms with Crippen LogP contribution in [0.15, 0.2) is 48.5 Å². The summed E-state index contributed by atoms with van der Waals surface area (Å²) in [7, 11) is 0. The maximum Gasteiger partial charge on any atom is 0.256 e. The van der Waals surface area contributed by atoms with Crippen molar-refractivity contribution in [1.82, 2.24) is 4.90 Å². The monoisotopic (exact) mass is 367 g/mol. The first kappa shape index (κ1) is 18.6. The molecule has 3 amide bonds. The lowest BCUT2D eigenvalue weighted by Crippen LogP contribution is -2.41. The molecule has 27 heavy (non-hydrogen) atoms. The topological polar surface area (TPSA) is 87.7 Å². The molecule has 2 aromatic rings. The number of nitrogens with zero attached hydrogens (tertiary/aromatic N) is 1. The van der Waals surface area contributed by atoms with E-state index >= 15 is 0 Å². The Morgan fingerprint density at radius 2 is 1.59 bits per heavy atom. The summed E-state index contributed by atoms with van der Waals surface area (Å²) in [6.45, 7) is 3.52. The Labute approximate surface area is 157 Å². The molecule has 1 saturated heterocycles. The lowest BCUT2D eigenvalue weighted by Gasteiger charge is -2.27. The summed E-state index contributed by atoms with van der Waals surface area (Å²) in [5.41, 5.74) is 1.95. The van der Waals surface area contributed by atoms with E-state index in [1.165, 1.54) is 6.92 Å². The lowest BCUT2D eigenvalue weighted by atomic mass is 10.1. The first-order valence-corrected chi connectivity index (χ1v) is 8.69. The Morgan fingerprint density at radius 3 is 2.26 bits per heavy atom. The molecule has 0 bridgehead atoms. The molecule has 2 N–H and O–H groups in total. The molecule has 1 heterocycles. The van der Waals surface area contributed by atoms with Gasteiger partial charge in [-0.2, -0.15) is 0 Å². The molecule has 1 aliphatic rings. The van der Waals surface area contributed by atoms with Gasteiger partial charge in [0.2, 0.25) is 5.91 Å². The number of amides is 3. The van der Waals surface area contributed by atoms with Crippen LogP contribution in [0, 0.1) is 0 Å². The number of nitrogens with one attached hydrogen (secondary N) is 2. The van der Waals surface area contributed by atoms with Crippen molar-refractivity contribution in [2.24, 2.45) is 0 Å². The van der Waals surface area contributed by atoms with Gasteiger partial charge in [0.15, 0.2) is 0 Å². The van der Waals surface area contributed by atoms with E-state index in [1.54, 1.807) is 53.4 Å². The number of morpholine rings is 1. The van der Waals surface area contributed by atoms with Gasteiger partial charge in [0, 0.05) is 31.3 Å². The van der Waals surface area contributed by atoms with Gasteiger partial charge in [0.1, 0.15) is 0 Å². The fourth-order valence-corrected chi connectivity index (χ4v) is 2.82. The normalized spacial score (nSPS) is 13.7. The van der Waals surface area contributed by atoms with Crippen LogP contribution in [0.2, 0.25) is 0 Å². The number of anilines is 2. The number of hydrogen-bond donors (Lipinski definition) is 2. The van der Waals surface area contributed by atoms with Crippen LogP contribution in [0.25, 0.3) is 0 Å². The van der Waals surface area contributed by atoms with Gasteiger partial charge in [-0.1, -0.05) is 12.1 Å². The van der Waals surface area contributed by atoms with Crippen LogP contribution in [-0.4, -0.2) is 48.9 Å². The molecule has 0 aliphatic carbocycles. The Morgan fingerprint density at radius 1 is 0.926 bits per heavy atom. The maximum absolute atomic E-state index is 12.8. The van der Waals surface area contributed by atoms with Crippen molar-refractivity contribution in [3.63, 3.8) is 0 Å². The van der Waals surface area contributed by atoms with Gasteiger partial charge in [-0.25, -0.2) is 0 Å². The molecule has 140 valence electrons. The quantitative estimate of drug-likeness (QED) is 0.868. The zero-order chi connectivity index (χ0) is 19.2. The number of hydrogen-bond acceptors (Lipinski definition) is 4. The van der Waals surface area contributed by atoms with Gasteiger partial charge in [0.05, 0.1) is 24.5 Å². The van der Waals surface area contributed by atoms with E-state index in [4.69, 9.17) is 4.74 Å². The maximum atomic E-state index is 12.8. The molecule has 1 fully saturated rings. The first-order valence-electron chi connectivity index (χ1n) is 8.69. The third-order valence-electron chi connectivity index (χ3n) is 4.17. The van der Waals surface area contributed by atoms with E-state index < -0.39 is 0 Å². The van der Waals surface area contributed by atoms with Crippen LogP contribution in [0.1, 0.15) is 27.6 Å². The molecule has 0 unspecified atom stereocenters. The zero-order valence-electron chi connectivity index (χ0n) is 15.0. The first-order chi connectivity index (χ1) is 13.0. The minimum atomic E-state index is -0.327. The molecule has 0 aromatic heterocycles. The molecule has 0 radical (unpaired) electrons. The van der Waals surface area contributed by atoms with E-state index in [1.807, 2.05) is 0 Å². The highest BCUT2D eigenvalue weighted by Gasteiger charge is 2.21. The van der Waals surface area contributed by atoms with Crippen molar-refractivity contribution < 1.29 is 19.1 Å². The molecule has 3 rings (SSSR count). The highest BCUT2D eigenvalue weighted by atomic mass is 16.5. The summed E-state index contributed by atoms with van der Waals surface area (Å²) in [6, 6.07) is 13.5. The van der Waals surface area contributed by atoms with Crippen molar-refractivity contribution in [2.45, 2.75) is 6.92 Å². The predicted octanol–water partition coefficient (Wildman–Crippen LogP) is 2.37. The van der Waals surface area contributed by atoms with Gasteiger partial charge < -0.3 is 20.3 Å². The second kappa shape index (κ2) is 8.46. The number of benzene rings is 2. The molecule has 0 spiro atoms. The van der Waals surface area contributed by atoms with Gasteiger partial charge >= 0.3 is 0 Å². The average Bonchev–Trinajstić information content (AvgIpc) is 2.68. The molecule has 2 aromatic carbocycles. The average molecular weight is 367 g/mol. The number of carbonyl (C=O) groups excluding carboxylic acids is 3. The largest absolute Gasteiger partial charge is 0.378 e. The zero-order valence-corrected chi connectivity index (χ0v) is 15.0. The molecule has 0 saturated carbocycles. The van der Waals surface area contributed by atoms with E-state index in [0.717, 1.165) is 0 Å². The van der Waals surface area contributed by atoms with Crippen LogP contribution < -0.4 is 10.6 Å². The molecule has 0 atom stereocenters. The van der Waals surface area contributed by atoms with Gasteiger partial charge in [-0.15, -0.1) is 0 Å². The predicted molar refractivity (Wildman–Crippen MR) is 102 cm³/mol. The third-order valence-corrected chi connectivity index (χ3v) is 4.17. The third kappa shape index (κ3) is 4.71. The van der Waals surface area contributed by atoms with Crippen molar-refractivity contribution in [1.29, 1.82) is 0 Å². The fourth-order valence-electron chi connectivity index (χ4n) is 2.82. The number of ether oxygens (including phenoxy) is 1. The summed E-state index contributed by atoms with van der Waals surface area (Å²) < 4.78 is 5.28. The van der Waals surface area contributed by atoms with Crippen LogP contribution in [0.4, 0.5) is 11.4 Å². The number of para-hydroxylation sites is 1. The van der Waals surface area contributed by atoms with Crippen LogP contribution in [-0.2, 0) is 9.53 Å². The van der Waals surface area contributed by atoms with Crippen molar-refractivity contribution in [3.8, 4) is 0 Å². The minimum Gasteiger partial charge on any atom is -0.378 e. The second-order valence-electron chi connectivity index (χ2n) is 6.16. The summed E-state index contributed by atoms with van der Waals surface area (Å²) in [5, 5.41) is 5.45. The summed E-state index contributed by atoms with van der Waals surface area (Å²) >= 11 is 0. The second-order valence-corrected chi connectivity index (χ2v) is 6.16. The fraction of sp³-hybridized carbons (Fsp3) is 0.250. The Kier molecular flexibility index (Phi) is 5.83. The highest BCUT2D eigenvalue weighted by molar-refractivity contribution is 6.09. The van der Waals surface area contributed by atoms with Crippen molar-refractivity contribution in [2.75, 3.05) is 36.9 Å². The van der Waals surface area contributed by atoms with E-state index in [9.17, 15) is 14.4 Å². The van der Waals surface area contributed by atoms with Crippen LogP contribution >= 0.6 is 0 Å². The Bertz CT molecular complexity index is 843. The standard InChI is InChI=1S/C20H21N3O4/c1-14(24)21-16-8-6-15(7-9-16)19(25)22-18-5-3-2-4-17(18)20(26)23-10-12-27-13-11-23/h2-9H,10-13H2,1H3,(H,21,24)(H,22,25). The highest BCUT2D eigenvalue weighted by Crippen LogP contribution is 2.19. The van der Waals surface area contributed by atoms with Crippen LogP contribution in [0.5, 0.6) is 0 Å². The molecule has 1 aliphatic heterocycles. The molecule has 7 nitrogen and oxygen atoms in total. The molecular weight excluding hydrogens is 346 g/mol. The van der Waals surface area contributed by atoms with Crippen molar-refractivity contribution in [3.05, 3.63) is 59.7 Å². The lowest BCUT2D eigenvalue weighted by molar-refractivity contribution is -0.114. The van der Waals surface area contributed by atoms with Gasteiger partial charge in [-0.05, 0) is 36.4 Å². The number of rotatable bonds is 4. The van der Waals surface area contributed by atoms with E-state index in [-0.39, 0.29) is 17.7 Å². The van der Waals surface area contributed by atoms with Gasteiger partial charge in [0.25, 0.3) is 11.8 Å². The minimum absolute atomic E-state index is 0.129. The van der Waals surface area contributed by atoms with E-state index in [0.29, 0.717) is 48.8 Å². The Balaban J connectivity index is 1.74. The molecular formula is C20H21N3O4. The summed E-state index contributed by atoms with van der Waals surface area (Å²) in [6.07, 6.45) is 0. The SMILES string of the molecule is CC(=O)Nc1ccc(C(=O)Nc2ccccc2C(=O)N2CCOCC2)cc1. The number of carbonyl (C=O) groups is 3. The van der Waals surface area contributed by atoms with Gasteiger partial charge in [-0.3, -0.25) is 14.4 Å². The Hall–Kier alpha value is -3.19. The van der Waals surface area contributed by atoms with Crippen molar-refractivity contribution >= 4 is 29.1 Å².